The van der Waals surface area contributed by atoms with Crippen molar-refractivity contribution in [1.29, 1.82) is 5.26 Å². The van der Waals surface area contributed by atoms with Gasteiger partial charge in [0.05, 0.1) is 23.9 Å². The Labute approximate surface area is 166 Å². The van der Waals surface area contributed by atoms with E-state index in [0.717, 1.165) is 0 Å². The van der Waals surface area contributed by atoms with Gasteiger partial charge in [0.15, 0.2) is 0 Å². The average Bonchev–Trinajstić information content (AvgIpc) is 3.29. The van der Waals surface area contributed by atoms with E-state index in [2.05, 4.69) is 16.2 Å². The number of halogens is 2. The van der Waals surface area contributed by atoms with Crippen LogP contribution in [0.5, 0.6) is 0 Å². The first kappa shape index (κ1) is 18.4. The molecule has 0 N–H and O–H groups in total. The van der Waals surface area contributed by atoms with Crippen molar-refractivity contribution in [3.8, 4) is 17.2 Å². The van der Waals surface area contributed by atoms with Crippen molar-refractivity contribution in [1.82, 2.24) is 19.1 Å². The van der Waals surface area contributed by atoms with Crippen molar-refractivity contribution < 1.29 is 17.2 Å². The summed E-state index contributed by atoms with van der Waals surface area (Å²) in [5, 5.41) is 13.5. The predicted octanol–water partition coefficient (Wildman–Crippen LogP) is 2.26. The Morgan fingerprint density at radius 2 is 2.07 bits per heavy atom. The number of nitriles is 1. The summed E-state index contributed by atoms with van der Waals surface area (Å²) in [7, 11) is -3.42. The van der Waals surface area contributed by atoms with Gasteiger partial charge in [0.1, 0.15) is 11.2 Å². The molecule has 29 heavy (non-hydrogen) atoms. The third-order valence-electron chi connectivity index (χ3n) is 6.03. The molecule has 150 valence electrons. The number of aromatic nitrogens is 3. The van der Waals surface area contributed by atoms with Crippen molar-refractivity contribution in [3.05, 3.63) is 41.5 Å². The lowest BCUT2D eigenvalue weighted by atomic mass is 9.85. The van der Waals surface area contributed by atoms with E-state index in [4.69, 9.17) is 0 Å². The van der Waals surface area contributed by atoms with Crippen LogP contribution in [0, 0.1) is 11.3 Å². The van der Waals surface area contributed by atoms with Gasteiger partial charge in [0.25, 0.3) is 0 Å². The standard InChI is InChI=1S/C19H17F2N5O2S/c1-2-29(27,28)25-10-18(11-25,6-7-22)26-9-13-12-5-8-23-15-4-3-14(16(12)15)19(20,21)17(13)24-26/h3,5,8-9H,2,4,6,10-11H2,1H3. The van der Waals surface area contributed by atoms with Gasteiger partial charge in [0.2, 0.25) is 10.0 Å². The summed E-state index contributed by atoms with van der Waals surface area (Å²) in [5.74, 6) is -3.32. The molecule has 0 aromatic carbocycles. The molecule has 0 bridgehead atoms. The summed E-state index contributed by atoms with van der Waals surface area (Å²) < 4.78 is 57.4. The molecule has 3 aliphatic rings. The third-order valence-corrected chi connectivity index (χ3v) is 7.81. The van der Waals surface area contributed by atoms with Crippen LogP contribution in [-0.2, 0) is 27.9 Å². The van der Waals surface area contributed by atoms with Crippen molar-refractivity contribution in [3.63, 3.8) is 0 Å². The first-order valence-electron chi connectivity index (χ1n) is 9.26. The Morgan fingerprint density at radius 3 is 2.76 bits per heavy atom. The fourth-order valence-corrected chi connectivity index (χ4v) is 5.66. The largest absolute Gasteiger partial charge is 0.317 e. The Bertz CT molecular complexity index is 1220. The minimum absolute atomic E-state index is 0.0218. The monoisotopic (exact) mass is 417 g/mol. The quantitative estimate of drug-likeness (QED) is 0.761. The molecule has 1 fully saturated rings. The molecule has 5 rings (SSSR count). The summed E-state index contributed by atoms with van der Waals surface area (Å²) >= 11 is 0. The van der Waals surface area contributed by atoms with Crippen LogP contribution < -0.4 is 0 Å². The molecule has 2 aromatic heterocycles. The summed E-state index contributed by atoms with van der Waals surface area (Å²) in [6, 6.07) is 3.76. The van der Waals surface area contributed by atoms with Gasteiger partial charge in [-0.3, -0.25) is 9.67 Å². The first-order chi connectivity index (χ1) is 13.7. The molecular weight excluding hydrogens is 400 g/mol. The highest BCUT2D eigenvalue weighted by atomic mass is 32.2. The van der Waals surface area contributed by atoms with Crippen LogP contribution in [-0.4, -0.2) is 46.3 Å². The van der Waals surface area contributed by atoms with E-state index >= 15 is 8.78 Å². The average molecular weight is 417 g/mol. The molecule has 7 nitrogen and oxygen atoms in total. The van der Waals surface area contributed by atoms with Crippen LogP contribution in [0.25, 0.3) is 16.7 Å². The van der Waals surface area contributed by atoms with Crippen LogP contribution in [0.4, 0.5) is 8.78 Å². The van der Waals surface area contributed by atoms with E-state index in [1.807, 2.05) is 0 Å². The summed E-state index contributed by atoms with van der Waals surface area (Å²) in [6.45, 7) is 1.63. The molecule has 2 aromatic rings. The number of pyridine rings is 1. The minimum Gasteiger partial charge on any atom is -0.262 e. The van der Waals surface area contributed by atoms with Crippen molar-refractivity contribution in [2.24, 2.45) is 0 Å². The number of hydrogen-bond acceptors (Lipinski definition) is 5. The van der Waals surface area contributed by atoms with Gasteiger partial charge >= 0.3 is 5.92 Å². The normalized spacial score (nSPS) is 21.0. The van der Waals surface area contributed by atoms with E-state index in [1.165, 1.54) is 21.3 Å². The molecule has 3 heterocycles. The second kappa shape index (κ2) is 5.70. The number of fused-ring (bicyclic) bond motifs is 2. The van der Waals surface area contributed by atoms with Crippen molar-refractivity contribution in [2.75, 3.05) is 18.8 Å². The molecular formula is C19H17F2N5O2S. The van der Waals surface area contributed by atoms with E-state index < -0.39 is 21.5 Å². The molecule has 2 aliphatic carbocycles. The maximum absolute atomic E-state index is 15.3. The van der Waals surface area contributed by atoms with E-state index in [-0.39, 0.29) is 36.5 Å². The van der Waals surface area contributed by atoms with Crippen LogP contribution in [0.1, 0.15) is 30.3 Å². The highest BCUT2D eigenvalue weighted by molar-refractivity contribution is 7.89. The van der Waals surface area contributed by atoms with Gasteiger partial charge in [-0.05, 0) is 18.6 Å². The van der Waals surface area contributed by atoms with E-state index in [0.29, 0.717) is 28.8 Å². The second-order valence-corrected chi connectivity index (χ2v) is 9.90. The molecule has 0 spiro atoms. The maximum atomic E-state index is 15.3. The smallest absolute Gasteiger partial charge is 0.262 e. The van der Waals surface area contributed by atoms with Gasteiger partial charge in [-0.1, -0.05) is 6.08 Å². The molecule has 0 amide bonds. The van der Waals surface area contributed by atoms with Crippen LogP contribution in [0.2, 0.25) is 0 Å². The summed E-state index contributed by atoms with van der Waals surface area (Å²) in [6.07, 6.45) is 4.96. The topological polar surface area (TPSA) is 91.9 Å². The van der Waals surface area contributed by atoms with Gasteiger partial charge in [-0.2, -0.15) is 23.4 Å². The third kappa shape index (κ3) is 2.31. The minimum atomic E-state index is -3.42. The van der Waals surface area contributed by atoms with Crippen LogP contribution >= 0.6 is 0 Å². The molecule has 1 saturated heterocycles. The Morgan fingerprint density at radius 1 is 1.31 bits per heavy atom. The zero-order valence-electron chi connectivity index (χ0n) is 15.6. The Hall–Kier alpha value is -2.64. The number of nitrogens with zero attached hydrogens (tertiary/aromatic N) is 5. The lowest BCUT2D eigenvalue weighted by Gasteiger charge is -2.47. The van der Waals surface area contributed by atoms with Gasteiger partial charge in [0, 0.05) is 48.6 Å². The highest BCUT2D eigenvalue weighted by Gasteiger charge is 2.53. The van der Waals surface area contributed by atoms with Crippen molar-refractivity contribution in [2.45, 2.75) is 31.2 Å². The fourth-order valence-electron chi connectivity index (χ4n) is 4.42. The molecule has 10 heteroatoms. The Balaban J connectivity index is 1.63. The van der Waals surface area contributed by atoms with Gasteiger partial charge < -0.3 is 0 Å². The van der Waals surface area contributed by atoms with Crippen molar-refractivity contribution >= 4 is 15.6 Å². The molecule has 0 saturated carbocycles. The summed E-state index contributed by atoms with van der Waals surface area (Å²) in [5.41, 5.74) is 0.649. The molecule has 0 atom stereocenters. The maximum Gasteiger partial charge on any atom is 0.317 e. The zero-order valence-corrected chi connectivity index (χ0v) is 16.4. The number of sulfonamides is 1. The lowest BCUT2D eigenvalue weighted by Crippen LogP contribution is -2.64. The lowest BCUT2D eigenvalue weighted by molar-refractivity contribution is 0.0478. The fraction of sp³-hybridized carbons (Fsp3) is 0.421. The zero-order chi connectivity index (χ0) is 20.6. The van der Waals surface area contributed by atoms with E-state index in [9.17, 15) is 13.7 Å². The number of allylic oxidation sites excluding steroid dienone is 2. The predicted molar refractivity (Wildman–Crippen MR) is 100 cm³/mol. The van der Waals surface area contributed by atoms with E-state index in [1.54, 1.807) is 19.2 Å². The SMILES string of the molecule is CCS(=O)(=O)N1CC(CC#N)(n2cc3c(n2)C(F)(F)C2=CCc4nccc-3c42)C1. The van der Waals surface area contributed by atoms with Crippen LogP contribution in [0.15, 0.2) is 24.5 Å². The van der Waals surface area contributed by atoms with Gasteiger partial charge in [-0.25, -0.2) is 8.42 Å². The van der Waals surface area contributed by atoms with Gasteiger partial charge in [-0.15, -0.1) is 0 Å². The molecule has 0 unspecified atom stereocenters. The number of hydrogen-bond donors (Lipinski definition) is 0. The first-order valence-corrected chi connectivity index (χ1v) is 10.9. The summed E-state index contributed by atoms with van der Waals surface area (Å²) in [4.78, 5) is 4.22. The second-order valence-electron chi connectivity index (χ2n) is 7.64. The number of alkyl halides is 2. The van der Waals surface area contributed by atoms with Crippen LogP contribution in [0.3, 0.4) is 0 Å². The molecule has 1 aliphatic heterocycles. The highest BCUT2D eigenvalue weighted by Crippen LogP contribution is 2.54. The molecule has 0 radical (unpaired) electrons. The number of rotatable bonds is 4. The Kier molecular flexibility index (Phi) is 3.62.